The average Bonchev–Trinajstić information content (AvgIpc) is 1.76. The van der Waals surface area contributed by atoms with Crippen LogP contribution in [0, 0.1) is 13.5 Å². The first-order valence-corrected chi connectivity index (χ1v) is 1.72. The third kappa shape index (κ3) is 16.2. The van der Waals surface area contributed by atoms with E-state index < -0.39 is 0 Å². The van der Waals surface area contributed by atoms with Crippen LogP contribution in [0.2, 0.25) is 0 Å². The molecule has 1 radical (unpaired) electrons. The van der Waals surface area contributed by atoms with E-state index in [1.807, 2.05) is 12.2 Å². The van der Waals surface area contributed by atoms with E-state index in [4.69, 9.17) is 0 Å². The minimum absolute atomic E-state index is 0. The summed E-state index contributed by atoms with van der Waals surface area (Å²) in [6.07, 6.45) is 10.0. The SMILES string of the molecule is Cl.Cl.Cl.[C-]1=CC=CC1.[CH3-].[Y]. The quantitative estimate of drug-likeness (QED) is 0.598. The molecule has 0 aliphatic heterocycles. The van der Waals surface area contributed by atoms with Crippen LogP contribution in [0.3, 0.4) is 0 Å². The fourth-order valence-electron chi connectivity index (χ4n) is 0.340. The number of hydrogen-bond donors (Lipinski definition) is 0. The van der Waals surface area contributed by atoms with Crippen LogP contribution in [0.15, 0.2) is 18.2 Å². The summed E-state index contributed by atoms with van der Waals surface area (Å²) in [4.78, 5) is 0. The van der Waals surface area contributed by atoms with Crippen LogP contribution in [0.5, 0.6) is 0 Å². The first-order chi connectivity index (χ1) is 2.50. The Balaban J connectivity index is -0.0000000167. The van der Waals surface area contributed by atoms with Gasteiger partial charge in [-0.25, -0.2) is 12.2 Å². The number of halogens is 3. The van der Waals surface area contributed by atoms with Gasteiger partial charge in [0.25, 0.3) is 0 Å². The van der Waals surface area contributed by atoms with Gasteiger partial charge in [-0.3, -0.25) is 6.08 Å². The zero-order valence-electron chi connectivity index (χ0n) is 5.74. The predicted molar refractivity (Wildman–Crippen MR) is 49.7 cm³/mol. The summed E-state index contributed by atoms with van der Waals surface area (Å²) < 4.78 is 0. The Kier molecular flexibility index (Phi) is 67.4. The molecule has 10 heavy (non-hydrogen) atoms. The van der Waals surface area contributed by atoms with Crippen molar-refractivity contribution in [1.29, 1.82) is 0 Å². The van der Waals surface area contributed by atoms with Crippen LogP contribution in [-0.4, -0.2) is 0 Å². The van der Waals surface area contributed by atoms with E-state index in [2.05, 4.69) is 12.2 Å². The molecule has 1 aliphatic rings. The summed E-state index contributed by atoms with van der Waals surface area (Å²) in [6, 6.07) is 0. The van der Waals surface area contributed by atoms with Crippen molar-refractivity contribution in [3.63, 3.8) is 0 Å². The van der Waals surface area contributed by atoms with Crippen LogP contribution >= 0.6 is 37.2 Å². The Hall–Kier alpha value is 1.45. The third-order valence-electron chi connectivity index (χ3n) is 0.586. The van der Waals surface area contributed by atoms with Crippen LogP contribution < -0.4 is 0 Å². The minimum atomic E-state index is 0. The molecular weight excluding hydrogens is 267 g/mol. The first-order valence-electron chi connectivity index (χ1n) is 1.72. The Bertz CT molecular complexity index is 71.1. The van der Waals surface area contributed by atoms with Gasteiger partial charge >= 0.3 is 0 Å². The molecule has 0 heterocycles. The second-order valence-corrected chi connectivity index (χ2v) is 1.00. The first kappa shape index (κ1) is 30.1. The zero-order chi connectivity index (χ0) is 3.54. The topological polar surface area (TPSA) is 0 Å². The Labute approximate surface area is 107 Å². The summed E-state index contributed by atoms with van der Waals surface area (Å²) >= 11 is 0. The molecule has 4 heteroatoms. The third-order valence-corrected chi connectivity index (χ3v) is 0.586. The fourth-order valence-corrected chi connectivity index (χ4v) is 0.340. The number of allylic oxidation sites excluding steroid dienone is 4. The van der Waals surface area contributed by atoms with Gasteiger partial charge in [-0.05, 0) is 0 Å². The van der Waals surface area contributed by atoms with Gasteiger partial charge in [-0.2, -0.15) is 6.08 Å². The average molecular weight is 278 g/mol. The Morgan fingerprint density at radius 2 is 1.60 bits per heavy atom. The van der Waals surface area contributed by atoms with Crippen molar-refractivity contribution in [2.45, 2.75) is 6.42 Å². The maximum Gasteiger partial charge on any atom is 0 e. The van der Waals surface area contributed by atoms with Gasteiger partial charge in [0.2, 0.25) is 0 Å². The number of rotatable bonds is 0. The summed E-state index contributed by atoms with van der Waals surface area (Å²) in [5, 5.41) is 0. The van der Waals surface area contributed by atoms with Gasteiger partial charge < -0.3 is 7.43 Å². The summed E-state index contributed by atoms with van der Waals surface area (Å²) in [6.45, 7) is 0. The van der Waals surface area contributed by atoms with Crippen LogP contribution in [0.4, 0.5) is 0 Å². The number of hydrogen-bond acceptors (Lipinski definition) is 0. The summed E-state index contributed by atoms with van der Waals surface area (Å²) in [5.41, 5.74) is 0. The van der Waals surface area contributed by atoms with Crippen molar-refractivity contribution < 1.29 is 32.7 Å². The van der Waals surface area contributed by atoms with Crippen molar-refractivity contribution in [2.24, 2.45) is 0 Å². The monoisotopic (exact) mass is 277 g/mol. The maximum atomic E-state index is 2.99. The molecule has 0 amide bonds. The van der Waals surface area contributed by atoms with Gasteiger partial charge in [0.05, 0.1) is 0 Å². The molecule has 0 unspecified atom stereocenters. The normalized spacial score (nSPS) is 8.80. The smallest absolute Gasteiger partial charge is 0 e. The van der Waals surface area contributed by atoms with Gasteiger partial charge in [0.1, 0.15) is 0 Å². The fraction of sp³-hybridized carbons (Fsp3) is 0.167. The van der Waals surface area contributed by atoms with E-state index in [9.17, 15) is 0 Å². The standard InChI is InChI=1S/C5H5.CH3.3ClH.Y/c1-2-4-5-3-1;;;;;/h1-3H,4H2;1H3;3*1H;/q2*-1;;;;. The molecule has 1 rings (SSSR count). The van der Waals surface area contributed by atoms with Crippen molar-refractivity contribution in [3.8, 4) is 0 Å². The molecule has 0 aromatic heterocycles. The zero-order valence-corrected chi connectivity index (χ0v) is 11.0. The molecule has 0 aromatic rings. The molecule has 0 fully saturated rings. The van der Waals surface area contributed by atoms with Crippen molar-refractivity contribution in [1.82, 2.24) is 0 Å². The second-order valence-electron chi connectivity index (χ2n) is 1.00. The van der Waals surface area contributed by atoms with Crippen molar-refractivity contribution in [3.05, 3.63) is 31.7 Å². The molecule has 0 atom stereocenters. The van der Waals surface area contributed by atoms with Gasteiger partial charge in [-0.15, -0.1) is 43.6 Å². The van der Waals surface area contributed by atoms with Crippen LogP contribution in [0.1, 0.15) is 6.42 Å². The second kappa shape index (κ2) is 22.4. The molecule has 0 bridgehead atoms. The van der Waals surface area contributed by atoms with Gasteiger partial charge in [-0.1, -0.05) is 0 Å². The van der Waals surface area contributed by atoms with Gasteiger partial charge in [0, 0.05) is 32.7 Å². The van der Waals surface area contributed by atoms with Gasteiger partial charge in [0.15, 0.2) is 0 Å². The van der Waals surface area contributed by atoms with Crippen LogP contribution in [0.25, 0.3) is 0 Å². The van der Waals surface area contributed by atoms with Crippen molar-refractivity contribution in [2.75, 3.05) is 0 Å². The van der Waals surface area contributed by atoms with Crippen LogP contribution in [-0.2, 0) is 32.7 Å². The molecule has 0 saturated carbocycles. The van der Waals surface area contributed by atoms with E-state index in [-0.39, 0.29) is 77.4 Å². The molecule has 0 N–H and O–H groups in total. The van der Waals surface area contributed by atoms with E-state index >= 15 is 0 Å². The molecule has 1 aliphatic carbocycles. The molecule has 0 saturated heterocycles. The Morgan fingerprint density at radius 3 is 1.70 bits per heavy atom. The van der Waals surface area contributed by atoms with Crippen molar-refractivity contribution >= 4 is 37.2 Å². The molecule has 0 aromatic carbocycles. The van der Waals surface area contributed by atoms with E-state index in [0.717, 1.165) is 6.42 Å². The molecule has 0 spiro atoms. The maximum absolute atomic E-state index is 2.99. The largest absolute Gasteiger partial charge is 0.358 e. The van der Waals surface area contributed by atoms with E-state index in [0.29, 0.717) is 0 Å². The molecular formula is C6H11Cl3Y-2. The molecule has 0 nitrogen and oxygen atoms in total. The minimum Gasteiger partial charge on any atom is -0.358 e. The molecule has 61 valence electrons. The summed E-state index contributed by atoms with van der Waals surface area (Å²) in [7, 11) is 0. The van der Waals surface area contributed by atoms with E-state index in [1.165, 1.54) is 0 Å². The van der Waals surface area contributed by atoms with E-state index in [1.54, 1.807) is 0 Å². The predicted octanol–water partition coefficient (Wildman–Crippen LogP) is 3.02. The Morgan fingerprint density at radius 1 is 1.10 bits per heavy atom. The summed E-state index contributed by atoms with van der Waals surface area (Å²) in [5.74, 6) is 0.